The molecule has 1 aromatic rings. The number of aldehydes is 1. The Morgan fingerprint density at radius 2 is 2.27 bits per heavy atom. The lowest BCUT2D eigenvalue weighted by atomic mass is 9.92. The van der Waals surface area contributed by atoms with E-state index in [-0.39, 0.29) is 6.42 Å². The zero-order chi connectivity index (χ0) is 11.5. The molecule has 0 bridgehead atoms. The van der Waals surface area contributed by atoms with Gasteiger partial charge >= 0.3 is 0 Å². The SMILES string of the molecule is COc1ccc(Cl)cc1C(C)(O)CC=O. The molecule has 15 heavy (non-hydrogen) atoms. The molecule has 1 atom stereocenters. The third-order valence-electron chi connectivity index (χ3n) is 2.22. The van der Waals surface area contributed by atoms with Crippen LogP contribution in [0.2, 0.25) is 5.02 Å². The maximum Gasteiger partial charge on any atom is 0.125 e. The van der Waals surface area contributed by atoms with Gasteiger partial charge in [0.25, 0.3) is 0 Å². The van der Waals surface area contributed by atoms with Crippen LogP contribution in [0, 0.1) is 0 Å². The number of carbonyl (C=O) groups excluding carboxylic acids is 1. The van der Waals surface area contributed by atoms with E-state index in [1.165, 1.54) is 7.11 Å². The Hall–Kier alpha value is -1.06. The lowest BCUT2D eigenvalue weighted by Crippen LogP contribution is -2.22. The highest BCUT2D eigenvalue weighted by Gasteiger charge is 2.26. The molecule has 0 heterocycles. The van der Waals surface area contributed by atoms with Crippen LogP contribution in [-0.2, 0) is 10.4 Å². The van der Waals surface area contributed by atoms with E-state index >= 15 is 0 Å². The van der Waals surface area contributed by atoms with Crippen molar-refractivity contribution < 1.29 is 14.6 Å². The number of rotatable bonds is 4. The van der Waals surface area contributed by atoms with E-state index in [0.717, 1.165) is 0 Å². The first-order valence-electron chi connectivity index (χ1n) is 4.51. The summed E-state index contributed by atoms with van der Waals surface area (Å²) in [4.78, 5) is 10.4. The molecule has 0 aliphatic heterocycles. The summed E-state index contributed by atoms with van der Waals surface area (Å²) in [5.74, 6) is 0.520. The average molecular weight is 229 g/mol. The molecule has 0 aromatic heterocycles. The first kappa shape index (κ1) is 12.0. The second kappa shape index (κ2) is 4.64. The van der Waals surface area contributed by atoms with Crippen LogP contribution in [0.3, 0.4) is 0 Å². The molecule has 0 amide bonds. The van der Waals surface area contributed by atoms with Crippen LogP contribution >= 0.6 is 11.6 Å². The fourth-order valence-electron chi connectivity index (χ4n) is 1.37. The predicted octanol–water partition coefficient (Wildman–Crippen LogP) is 2.15. The highest BCUT2D eigenvalue weighted by molar-refractivity contribution is 6.30. The molecule has 0 saturated heterocycles. The summed E-state index contributed by atoms with van der Waals surface area (Å²) >= 11 is 5.83. The van der Waals surface area contributed by atoms with Gasteiger partial charge in [0.2, 0.25) is 0 Å². The number of methoxy groups -OCH3 is 1. The molecule has 0 aliphatic rings. The summed E-state index contributed by atoms with van der Waals surface area (Å²) in [6, 6.07) is 4.93. The summed E-state index contributed by atoms with van der Waals surface area (Å²) in [7, 11) is 1.50. The summed E-state index contributed by atoms with van der Waals surface area (Å²) < 4.78 is 5.10. The lowest BCUT2D eigenvalue weighted by molar-refractivity contribution is -0.112. The van der Waals surface area contributed by atoms with Gasteiger partial charge in [-0.1, -0.05) is 11.6 Å². The Morgan fingerprint density at radius 3 is 2.80 bits per heavy atom. The topological polar surface area (TPSA) is 46.5 Å². The highest BCUT2D eigenvalue weighted by Crippen LogP contribution is 2.33. The van der Waals surface area contributed by atoms with Crippen molar-refractivity contribution in [3.8, 4) is 5.75 Å². The fourth-order valence-corrected chi connectivity index (χ4v) is 1.55. The third-order valence-corrected chi connectivity index (χ3v) is 2.46. The fraction of sp³-hybridized carbons (Fsp3) is 0.364. The average Bonchev–Trinajstić information content (AvgIpc) is 2.17. The lowest BCUT2D eigenvalue weighted by Gasteiger charge is -2.23. The first-order valence-corrected chi connectivity index (χ1v) is 4.89. The molecule has 0 fully saturated rings. The molecule has 1 rings (SSSR count). The van der Waals surface area contributed by atoms with E-state index in [1.54, 1.807) is 25.1 Å². The van der Waals surface area contributed by atoms with Crippen molar-refractivity contribution in [3.05, 3.63) is 28.8 Å². The third kappa shape index (κ3) is 2.70. The molecule has 4 heteroatoms. The number of hydrogen-bond acceptors (Lipinski definition) is 3. The zero-order valence-corrected chi connectivity index (χ0v) is 9.41. The summed E-state index contributed by atoms with van der Waals surface area (Å²) in [5, 5.41) is 10.5. The molecule has 3 nitrogen and oxygen atoms in total. The van der Waals surface area contributed by atoms with Gasteiger partial charge in [0.15, 0.2) is 0 Å². The Kier molecular flexibility index (Phi) is 3.72. The number of hydrogen-bond donors (Lipinski definition) is 1. The molecule has 1 aromatic carbocycles. The number of halogens is 1. The van der Waals surface area contributed by atoms with Gasteiger partial charge in [0.1, 0.15) is 12.0 Å². The van der Waals surface area contributed by atoms with Crippen LogP contribution in [0.1, 0.15) is 18.9 Å². The Bertz CT molecular complexity index is 361. The summed E-state index contributed by atoms with van der Waals surface area (Å²) in [6.07, 6.45) is 0.671. The van der Waals surface area contributed by atoms with Gasteiger partial charge in [-0.05, 0) is 25.1 Å². The molecule has 1 N–H and O–H groups in total. The van der Waals surface area contributed by atoms with E-state index < -0.39 is 5.60 Å². The van der Waals surface area contributed by atoms with Crippen molar-refractivity contribution in [1.82, 2.24) is 0 Å². The van der Waals surface area contributed by atoms with Crippen LogP contribution in [0.15, 0.2) is 18.2 Å². The summed E-state index contributed by atoms with van der Waals surface area (Å²) in [6.45, 7) is 1.55. The molecule has 0 aliphatic carbocycles. The van der Waals surface area contributed by atoms with Gasteiger partial charge in [0.05, 0.1) is 12.7 Å². The second-order valence-electron chi connectivity index (χ2n) is 3.49. The zero-order valence-electron chi connectivity index (χ0n) is 8.66. The van der Waals surface area contributed by atoms with Crippen molar-refractivity contribution in [2.24, 2.45) is 0 Å². The van der Waals surface area contributed by atoms with Gasteiger partial charge < -0.3 is 14.6 Å². The predicted molar refractivity (Wildman–Crippen MR) is 58.3 cm³/mol. The van der Waals surface area contributed by atoms with Gasteiger partial charge in [-0.25, -0.2) is 0 Å². The van der Waals surface area contributed by atoms with Crippen molar-refractivity contribution in [2.45, 2.75) is 18.9 Å². The minimum atomic E-state index is -1.25. The van der Waals surface area contributed by atoms with E-state index in [0.29, 0.717) is 22.6 Å². The van der Waals surface area contributed by atoms with E-state index in [4.69, 9.17) is 16.3 Å². The monoisotopic (exact) mass is 228 g/mol. The van der Waals surface area contributed by atoms with Gasteiger partial charge in [-0.3, -0.25) is 0 Å². The Morgan fingerprint density at radius 1 is 1.60 bits per heavy atom. The molecular formula is C11H13ClO3. The minimum absolute atomic E-state index is 0.00367. The maximum atomic E-state index is 10.4. The quantitative estimate of drug-likeness (QED) is 0.804. The number of ether oxygens (including phenoxy) is 1. The van der Waals surface area contributed by atoms with Crippen LogP contribution in [0.5, 0.6) is 5.75 Å². The second-order valence-corrected chi connectivity index (χ2v) is 3.93. The van der Waals surface area contributed by atoms with Gasteiger partial charge in [-0.15, -0.1) is 0 Å². The molecule has 0 radical (unpaired) electrons. The smallest absolute Gasteiger partial charge is 0.125 e. The highest BCUT2D eigenvalue weighted by atomic mass is 35.5. The number of carbonyl (C=O) groups is 1. The molecule has 1 unspecified atom stereocenters. The van der Waals surface area contributed by atoms with Crippen LogP contribution in [-0.4, -0.2) is 18.5 Å². The maximum absolute atomic E-state index is 10.4. The number of aliphatic hydroxyl groups is 1. The summed E-state index contributed by atoms with van der Waals surface area (Å²) in [5.41, 5.74) is -0.734. The van der Waals surface area contributed by atoms with Crippen molar-refractivity contribution in [2.75, 3.05) is 7.11 Å². The molecule has 0 saturated carbocycles. The van der Waals surface area contributed by atoms with Crippen molar-refractivity contribution in [1.29, 1.82) is 0 Å². The normalized spacial score (nSPS) is 14.4. The van der Waals surface area contributed by atoms with Crippen LogP contribution in [0.4, 0.5) is 0 Å². The minimum Gasteiger partial charge on any atom is -0.496 e. The van der Waals surface area contributed by atoms with Gasteiger partial charge in [-0.2, -0.15) is 0 Å². The van der Waals surface area contributed by atoms with E-state index in [1.807, 2.05) is 0 Å². The van der Waals surface area contributed by atoms with Crippen LogP contribution in [0.25, 0.3) is 0 Å². The number of benzene rings is 1. The Balaban J connectivity index is 3.20. The largest absolute Gasteiger partial charge is 0.496 e. The Labute approximate surface area is 93.6 Å². The molecule has 82 valence electrons. The van der Waals surface area contributed by atoms with Crippen molar-refractivity contribution in [3.63, 3.8) is 0 Å². The van der Waals surface area contributed by atoms with Crippen molar-refractivity contribution >= 4 is 17.9 Å². The first-order chi connectivity index (χ1) is 7.01. The molecular weight excluding hydrogens is 216 g/mol. The molecule has 0 spiro atoms. The van der Waals surface area contributed by atoms with Gasteiger partial charge in [0, 0.05) is 17.0 Å². The van der Waals surface area contributed by atoms with E-state index in [9.17, 15) is 9.90 Å². The van der Waals surface area contributed by atoms with E-state index in [2.05, 4.69) is 0 Å². The van der Waals surface area contributed by atoms with Crippen LogP contribution < -0.4 is 4.74 Å². The standard InChI is InChI=1S/C11H13ClO3/c1-11(14,5-6-13)9-7-8(12)3-4-10(9)15-2/h3-4,6-7,14H,5H2,1-2H3.